The maximum Gasteiger partial charge on any atom is 0.247 e. The van der Waals surface area contributed by atoms with Crippen molar-refractivity contribution in [3.05, 3.63) is 53.8 Å². The first-order chi connectivity index (χ1) is 14.0. The highest BCUT2D eigenvalue weighted by Gasteiger charge is 2.26. The molecule has 0 bridgehead atoms. The second-order valence-corrected chi connectivity index (χ2v) is 8.19. The Kier molecular flexibility index (Phi) is 4.35. The lowest BCUT2D eigenvalue weighted by Gasteiger charge is -2.38. The number of nitrogens with one attached hydrogen (secondary N) is 1. The summed E-state index contributed by atoms with van der Waals surface area (Å²) in [6.07, 6.45) is 5.90. The number of carbonyl (C=O) groups is 1. The number of hydrogen-bond acceptors (Lipinski definition) is 4. The first-order valence-corrected chi connectivity index (χ1v) is 10.2. The highest BCUT2D eigenvalue weighted by molar-refractivity contribution is 6.06. The van der Waals surface area contributed by atoms with Crippen LogP contribution in [0.4, 0.5) is 10.1 Å². The van der Waals surface area contributed by atoms with Crippen molar-refractivity contribution in [2.75, 3.05) is 45.1 Å². The van der Waals surface area contributed by atoms with Gasteiger partial charge in [0.25, 0.3) is 0 Å². The minimum atomic E-state index is -0.179. The molecular weight excluding hydrogens is 369 g/mol. The zero-order valence-electron chi connectivity index (χ0n) is 16.9. The Morgan fingerprint density at radius 3 is 2.79 bits per heavy atom. The number of carbonyl (C=O) groups excluding carboxylic acids is 1. The maximum atomic E-state index is 14.4. The predicted octanol–water partition coefficient (Wildman–Crippen LogP) is 2.91. The van der Waals surface area contributed by atoms with Gasteiger partial charge in [-0.05, 0) is 36.8 Å². The third kappa shape index (κ3) is 3.09. The highest BCUT2D eigenvalue weighted by Crippen LogP contribution is 2.34. The van der Waals surface area contributed by atoms with E-state index in [1.807, 2.05) is 29.8 Å². The van der Waals surface area contributed by atoms with E-state index in [1.54, 1.807) is 11.9 Å². The third-order valence-corrected chi connectivity index (χ3v) is 6.25. The molecule has 2 aromatic rings. The monoisotopic (exact) mass is 395 g/mol. The van der Waals surface area contributed by atoms with Gasteiger partial charge in [0.15, 0.2) is 0 Å². The van der Waals surface area contributed by atoms with Crippen LogP contribution in [-0.2, 0) is 11.3 Å². The van der Waals surface area contributed by atoms with Crippen LogP contribution in [0.25, 0.3) is 10.9 Å². The normalized spacial score (nSPS) is 22.6. The van der Waals surface area contributed by atoms with Crippen molar-refractivity contribution < 1.29 is 9.18 Å². The number of aromatic nitrogens is 1. The van der Waals surface area contributed by atoms with Crippen molar-refractivity contribution in [1.82, 2.24) is 19.3 Å². The molecule has 7 heteroatoms. The molecule has 29 heavy (non-hydrogen) atoms. The molecule has 1 N–H and O–H groups in total. The summed E-state index contributed by atoms with van der Waals surface area (Å²) in [5, 5.41) is 4.21. The molecule has 1 atom stereocenters. The summed E-state index contributed by atoms with van der Waals surface area (Å²) in [5.41, 5.74) is 3.88. The Labute approximate surface area is 169 Å². The summed E-state index contributed by atoms with van der Waals surface area (Å²) < 4.78 is 16.5. The zero-order valence-corrected chi connectivity index (χ0v) is 16.9. The number of piperazine rings is 1. The molecule has 5 rings (SSSR count). The fourth-order valence-electron chi connectivity index (χ4n) is 4.55. The second kappa shape index (κ2) is 6.91. The van der Waals surface area contributed by atoms with Gasteiger partial charge in [-0.3, -0.25) is 9.69 Å². The molecule has 1 aromatic carbocycles. The summed E-state index contributed by atoms with van der Waals surface area (Å²) in [6.45, 7) is 6.74. The Balaban J connectivity index is 1.30. The van der Waals surface area contributed by atoms with Crippen molar-refractivity contribution in [2.24, 2.45) is 0 Å². The molecule has 0 saturated carbocycles. The van der Waals surface area contributed by atoms with Gasteiger partial charge in [0.2, 0.25) is 11.9 Å². The summed E-state index contributed by atoms with van der Waals surface area (Å²) >= 11 is 0. The van der Waals surface area contributed by atoms with Crippen LogP contribution in [0, 0.1) is 0 Å². The number of nitrogens with zero attached hydrogens (tertiary/aromatic N) is 4. The Hall–Kier alpha value is -2.80. The van der Waals surface area contributed by atoms with Crippen molar-refractivity contribution in [2.45, 2.75) is 19.5 Å². The van der Waals surface area contributed by atoms with Crippen molar-refractivity contribution in [3.8, 4) is 0 Å². The van der Waals surface area contributed by atoms with Crippen molar-refractivity contribution in [1.29, 1.82) is 0 Å². The molecule has 0 aliphatic carbocycles. The van der Waals surface area contributed by atoms with Crippen molar-refractivity contribution in [3.63, 3.8) is 0 Å². The van der Waals surface area contributed by atoms with Gasteiger partial charge in [-0.2, -0.15) is 4.39 Å². The first-order valence-electron chi connectivity index (χ1n) is 10.2. The van der Waals surface area contributed by atoms with E-state index in [0.717, 1.165) is 49.3 Å². The van der Waals surface area contributed by atoms with Gasteiger partial charge in [-0.25, -0.2) is 0 Å². The molecule has 152 valence electrons. The molecular formula is C22H26FN5O. The fraction of sp³-hybridized carbons (Fsp3) is 0.409. The van der Waals surface area contributed by atoms with Crippen LogP contribution in [0.5, 0.6) is 0 Å². The summed E-state index contributed by atoms with van der Waals surface area (Å²) in [5.74, 6) is -0.110. The largest absolute Gasteiger partial charge is 0.365 e. The number of halogens is 1. The number of allylic oxidation sites excluding steroid dienone is 1. The van der Waals surface area contributed by atoms with E-state index in [0.29, 0.717) is 12.2 Å². The van der Waals surface area contributed by atoms with Crippen LogP contribution < -0.4 is 5.32 Å². The topological polar surface area (TPSA) is 43.8 Å². The summed E-state index contributed by atoms with van der Waals surface area (Å²) in [4.78, 5) is 18.4. The van der Waals surface area contributed by atoms with E-state index < -0.39 is 0 Å². The van der Waals surface area contributed by atoms with E-state index in [1.165, 1.54) is 5.56 Å². The predicted molar refractivity (Wildman–Crippen MR) is 112 cm³/mol. The van der Waals surface area contributed by atoms with Gasteiger partial charge in [0, 0.05) is 57.9 Å². The van der Waals surface area contributed by atoms with E-state index in [-0.39, 0.29) is 17.9 Å². The molecule has 0 radical (unpaired) electrons. The zero-order chi connectivity index (χ0) is 20.1. The number of anilines is 1. The van der Waals surface area contributed by atoms with Gasteiger partial charge in [0.1, 0.15) is 6.04 Å². The Morgan fingerprint density at radius 1 is 1.21 bits per heavy atom. The van der Waals surface area contributed by atoms with Crippen LogP contribution in [0.3, 0.4) is 0 Å². The minimum absolute atomic E-state index is 0.0292. The molecule has 1 amide bonds. The third-order valence-electron chi connectivity index (χ3n) is 6.25. The number of likely N-dealkylation sites (N-methyl/N-ethyl adjacent to an activating group) is 1. The van der Waals surface area contributed by atoms with Gasteiger partial charge >= 0.3 is 0 Å². The van der Waals surface area contributed by atoms with Crippen LogP contribution in [0.1, 0.15) is 18.5 Å². The molecule has 3 aliphatic heterocycles. The molecule has 1 saturated heterocycles. The summed E-state index contributed by atoms with van der Waals surface area (Å²) in [7, 11) is 1.78. The van der Waals surface area contributed by atoms with Gasteiger partial charge in [-0.1, -0.05) is 6.08 Å². The fourth-order valence-corrected chi connectivity index (χ4v) is 4.55. The average molecular weight is 395 g/mol. The first kappa shape index (κ1) is 18.2. The van der Waals surface area contributed by atoms with E-state index in [2.05, 4.69) is 33.3 Å². The Bertz CT molecular complexity index is 1030. The standard InChI is InChI=1S/C22H26FN5O/c1-15-22(29)24-18-13-16(12-17-5-7-28(15)20(17)18)14-26-8-10-27(11-9-26)19-4-3-6-25(2)21(19)23/h3-5,7,12-13,15H,6,8-11,14H2,1-2H3,(H,24,29). The van der Waals surface area contributed by atoms with Crippen LogP contribution in [0.2, 0.25) is 0 Å². The molecule has 1 aromatic heterocycles. The molecule has 6 nitrogen and oxygen atoms in total. The second-order valence-electron chi connectivity index (χ2n) is 8.19. The molecule has 3 aliphatic rings. The quantitative estimate of drug-likeness (QED) is 0.812. The summed E-state index contributed by atoms with van der Waals surface area (Å²) in [6, 6.07) is 6.21. The van der Waals surface area contributed by atoms with Crippen LogP contribution in [-0.4, -0.2) is 64.9 Å². The van der Waals surface area contributed by atoms with E-state index >= 15 is 0 Å². The average Bonchev–Trinajstić information content (AvgIpc) is 3.14. The van der Waals surface area contributed by atoms with Crippen LogP contribution >= 0.6 is 0 Å². The van der Waals surface area contributed by atoms with Gasteiger partial charge in [-0.15, -0.1) is 0 Å². The van der Waals surface area contributed by atoms with E-state index in [9.17, 15) is 9.18 Å². The van der Waals surface area contributed by atoms with Crippen molar-refractivity contribution >= 4 is 22.5 Å². The molecule has 1 fully saturated rings. The molecule has 1 unspecified atom stereocenters. The lowest BCUT2D eigenvalue weighted by molar-refractivity contribution is -0.118. The van der Waals surface area contributed by atoms with Crippen LogP contribution in [0.15, 0.2) is 48.2 Å². The highest BCUT2D eigenvalue weighted by atomic mass is 19.1. The number of amides is 1. The van der Waals surface area contributed by atoms with E-state index in [4.69, 9.17) is 0 Å². The maximum absolute atomic E-state index is 14.4. The number of benzene rings is 1. The lowest BCUT2D eigenvalue weighted by Crippen LogP contribution is -2.46. The molecule has 4 heterocycles. The number of hydrogen-bond donors (Lipinski definition) is 1. The van der Waals surface area contributed by atoms with Gasteiger partial charge < -0.3 is 19.7 Å². The molecule has 0 spiro atoms. The number of rotatable bonds is 3. The smallest absolute Gasteiger partial charge is 0.247 e. The SMILES string of the molecule is CC1C(=O)Nc2cc(CN3CCN(C4=C(F)N(C)CC=C4)CC3)cc3ccn1c23. The lowest BCUT2D eigenvalue weighted by atomic mass is 10.1. The minimum Gasteiger partial charge on any atom is -0.365 e. The Morgan fingerprint density at radius 2 is 2.00 bits per heavy atom. The van der Waals surface area contributed by atoms with Gasteiger partial charge in [0.05, 0.1) is 16.9 Å².